The summed E-state index contributed by atoms with van der Waals surface area (Å²) in [4.78, 5) is 2.60. The average molecular weight is 242 g/mol. The fourth-order valence-corrected chi connectivity index (χ4v) is 2.20. The largest absolute Gasteiger partial charge is 0.381 e. The van der Waals surface area contributed by atoms with Crippen LogP contribution in [0, 0.1) is 0 Å². The number of hydrogen-bond donors (Lipinski definition) is 1. The summed E-state index contributed by atoms with van der Waals surface area (Å²) in [6, 6.07) is 0.679. The Kier molecular flexibility index (Phi) is 8.67. The number of unbranched alkanes of at least 4 members (excludes halogenated alkanes) is 1. The number of rotatable bonds is 7. The van der Waals surface area contributed by atoms with Gasteiger partial charge in [0.1, 0.15) is 0 Å². The first-order chi connectivity index (χ1) is 8.33. The Labute approximate surface area is 107 Å². The highest BCUT2D eigenvalue weighted by Crippen LogP contribution is 2.03. The van der Waals surface area contributed by atoms with Crippen LogP contribution in [0.1, 0.15) is 46.0 Å². The van der Waals surface area contributed by atoms with E-state index in [0.717, 1.165) is 13.2 Å². The normalized spacial score (nSPS) is 23.3. The fraction of sp³-hybridized carbons (Fsp3) is 1.00. The lowest BCUT2D eigenvalue weighted by atomic mass is 10.2. The smallest absolute Gasteiger partial charge is 0.0478 e. The highest BCUT2D eigenvalue weighted by molar-refractivity contribution is 4.69. The van der Waals surface area contributed by atoms with Gasteiger partial charge in [0.2, 0.25) is 0 Å². The minimum atomic E-state index is 0.679. The van der Waals surface area contributed by atoms with E-state index in [1.54, 1.807) is 0 Å². The van der Waals surface area contributed by atoms with Gasteiger partial charge in [0.15, 0.2) is 0 Å². The molecule has 0 radical (unpaired) electrons. The van der Waals surface area contributed by atoms with Crippen molar-refractivity contribution in [2.24, 2.45) is 0 Å². The molecule has 3 nitrogen and oxygen atoms in total. The third-order valence-electron chi connectivity index (χ3n) is 3.43. The second-order valence-electron chi connectivity index (χ2n) is 5.16. The number of ether oxygens (including phenoxy) is 1. The van der Waals surface area contributed by atoms with E-state index in [0.29, 0.717) is 6.04 Å². The zero-order chi connectivity index (χ0) is 12.3. The Morgan fingerprint density at radius 1 is 1.24 bits per heavy atom. The number of nitrogens with zero attached hydrogens (tertiary/aromatic N) is 1. The van der Waals surface area contributed by atoms with Crippen molar-refractivity contribution < 1.29 is 4.74 Å². The predicted octanol–water partition coefficient (Wildman–Crippen LogP) is 2.27. The van der Waals surface area contributed by atoms with Crippen LogP contribution in [-0.4, -0.2) is 50.3 Å². The van der Waals surface area contributed by atoms with Crippen LogP contribution in [0.5, 0.6) is 0 Å². The zero-order valence-electron chi connectivity index (χ0n) is 11.7. The zero-order valence-corrected chi connectivity index (χ0v) is 11.7. The molecule has 0 bridgehead atoms. The maximum atomic E-state index is 5.60. The molecule has 0 amide bonds. The number of hydrogen-bond acceptors (Lipinski definition) is 3. The molecule has 1 aliphatic heterocycles. The van der Waals surface area contributed by atoms with Crippen molar-refractivity contribution in [2.75, 3.05) is 39.4 Å². The number of nitrogens with one attached hydrogen (secondary N) is 1. The molecule has 1 fully saturated rings. The Hall–Kier alpha value is -0.120. The first kappa shape index (κ1) is 14.9. The van der Waals surface area contributed by atoms with Gasteiger partial charge in [0.05, 0.1) is 0 Å². The molecule has 102 valence electrons. The van der Waals surface area contributed by atoms with Crippen molar-refractivity contribution in [1.29, 1.82) is 0 Å². The van der Waals surface area contributed by atoms with Gasteiger partial charge in [-0.05, 0) is 52.2 Å². The molecular weight excluding hydrogens is 212 g/mol. The van der Waals surface area contributed by atoms with E-state index in [9.17, 15) is 0 Å². The van der Waals surface area contributed by atoms with Crippen LogP contribution in [0.3, 0.4) is 0 Å². The summed E-state index contributed by atoms with van der Waals surface area (Å²) in [5, 5.41) is 3.54. The van der Waals surface area contributed by atoms with Gasteiger partial charge in [0, 0.05) is 25.8 Å². The van der Waals surface area contributed by atoms with E-state index >= 15 is 0 Å². The molecule has 1 heterocycles. The van der Waals surface area contributed by atoms with Gasteiger partial charge in [-0.3, -0.25) is 0 Å². The summed E-state index contributed by atoms with van der Waals surface area (Å²) in [5.41, 5.74) is 0. The van der Waals surface area contributed by atoms with Gasteiger partial charge in [0.25, 0.3) is 0 Å². The van der Waals surface area contributed by atoms with Crippen molar-refractivity contribution in [3.05, 3.63) is 0 Å². The third kappa shape index (κ3) is 7.74. The summed E-state index contributed by atoms with van der Waals surface area (Å²) in [6.45, 7) is 11.2. The van der Waals surface area contributed by atoms with Gasteiger partial charge in [-0.25, -0.2) is 0 Å². The molecule has 1 rings (SSSR count). The summed E-state index contributed by atoms with van der Waals surface area (Å²) in [7, 11) is 0. The van der Waals surface area contributed by atoms with Crippen LogP contribution in [0.2, 0.25) is 0 Å². The lowest BCUT2D eigenvalue weighted by Gasteiger charge is -2.27. The van der Waals surface area contributed by atoms with E-state index in [-0.39, 0.29) is 0 Å². The Bertz CT molecular complexity index is 176. The van der Waals surface area contributed by atoms with Crippen molar-refractivity contribution >= 4 is 0 Å². The molecule has 17 heavy (non-hydrogen) atoms. The van der Waals surface area contributed by atoms with Crippen LogP contribution in [0.25, 0.3) is 0 Å². The molecule has 0 aliphatic carbocycles. The maximum Gasteiger partial charge on any atom is 0.0478 e. The SMILES string of the molecule is CCCCOCCCN1CCCNC(C)CC1. The van der Waals surface area contributed by atoms with Gasteiger partial charge in [-0.1, -0.05) is 13.3 Å². The molecule has 0 spiro atoms. The second-order valence-corrected chi connectivity index (χ2v) is 5.16. The molecule has 3 heteroatoms. The van der Waals surface area contributed by atoms with Crippen LogP contribution >= 0.6 is 0 Å². The standard InChI is InChI=1S/C14H30N2O/c1-3-4-12-17-13-6-10-16-9-5-8-15-14(2)7-11-16/h14-15H,3-13H2,1-2H3. The minimum absolute atomic E-state index is 0.679. The molecule has 0 aromatic rings. The van der Waals surface area contributed by atoms with Crippen molar-refractivity contribution in [3.8, 4) is 0 Å². The van der Waals surface area contributed by atoms with Crippen molar-refractivity contribution in [1.82, 2.24) is 10.2 Å². The molecule has 1 saturated heterocycles. The van der Waals surface area contributed by atoms with E-state index < -0.39 is 0 Å². The highest BCUT2D eigenvalue weighted by Gasteiger charge is 2.10. The van der Waals surface area contributed by atoms with E-state index in [4.69, 9.17) is 4.74 Å². The van der Waals surface area contributed by atoms with E-state index in [1.807, 2.05) is 0 Å². The molecular formula is C14H30N2O. The van der Waals surface area contributed by atoms with Gasteiger partial charge in [-0.2, -0.15) is 0 Å². The first-order valence-electron chi connectivity index (χ1n) is 7.36. The second kappa shape index (κ2) is 9.86. The predicted molar refractivity (Wildman–Crippen MR) is 73.5 cm³/mol. The van der Waals surface area contributed by atoms with Gasteiger partial charge >= 0.3 is 0 Å². The Balaban J connectivity index is 2.00. The average Bonchev–Trinajstić information content (AvgIpc) is 2.31. The molecule has 0 aromatic carbocycles. The minimum Gasteiger partial charge on any atom is -0.381 e. The summed E-state index contributed by atoms with van der Waals surface area (Å²) in [6.07, 6.45) is 6.17. The molecule has 1 N–H and O–H groups in total. The molecule has 1 unspecified atom stereocenters. The van der Waals surface area contributed by atoms with Crippen LogP contribution in [-0.2, 0) is 4.74 Å². The van der Waals surface area contributed by atoms with Crippen molar-refractivity contribution in [2.45, 2.75) is 52.0 Å². The van der Waals surface area contributed by atoms with Crippen LogP contribution in [0.15, 0.2) is 0 Å². The monoisotopic (exact) mass is 242 g/mol. The van der Waals surface area contributed by atoms with Crippen LogP contribution < -0.4 is 5.32 Å². The quantitative estimate of drug-likeness (QED) is 0.693. The Morgan fingerprint density at radius 2 is 2.06 bits per heavy atom. The topological polar surface area (TPSA) is 24.5 Å². The summed E-state index contributed by atoms with van der Waals surface area (Å²) < 4.78 is 5.60. The van der Waals surface area contributed by atoms with Crippen LogP contribution in [0.4, 0.5) is 0 Å². The molecule has 0 aromatic heterocycles. The lowest BCUT2D eigenvalue weighted by molar-refractivity contribution is 0.116. The molecule has 1 atom stereocenters. The Morgan fingerprint density at radius 3 is 2.88 bits per heavy atom. The lowest BCUT2D eigenvalue weighted by Crippen LogP contribution is -2.39. The fourth-order valence-electron chi connectivity index (χ4n) is 2.20. The maximum absolute atomic E-state index is 5.60. The molecule has 0 saturated carbocycles. The third-order valence-corrected chi connectivity index (χ3v) is 3.43. The molecule has 1 aliphatic rings. The van der Waals surface area contributed by atoms with E-state index in [2.05, 4.69) is 24.1 Å². The summed E-state index contributed by atoms with van der Waals surface area (Å²) >= 11 is 0. The first-order valence-corrected chi connectivity index (χ1v) is 7.36. The van der Waals surface area contributed by atoms with Crippen molar-refractivity contribution in [3.63, 3.8) is 0 Å². The highest BCUT2D eigenvalue weighted by atomic mass is 16.5. The van der Waals surface area contributed by atoms with Gasteiger partial charge < -0.3 is 15.0 Å². The van der Waals surface area contributed by atoms with E-state index in [1.165, 1.54) is 58.3 Å². The van der Waals surface area contributed by atoms with Gasteiger partial charge in [-0.15, -0.1) is 0 Å². The summed E-state index contributed by atoms with van der Waals surface area (Å²) in [5.74, 6) is 0.